The van der Waals surface area contributed by atoms with Gasteiger partial charge in [-0.2, -0.15) is 0 Å². The van der Waals surface area contributed by atoms with Crippen molar-refractivity contribution in [1.82, 2.24) is 0 Å². The van der Waals surface area contributed by atoms with E-state index in [0.717, 1.165) is 0 Å². The van der Waals surface area contributed by atoms with Crippen LogP contribution in [0.1, 0.15) is 27.7 Å². The Hall–Kier alpha value is 0.130. The van der Waals surface area contributed by atoms with Crippen molar-refractivity contribution >= 4 is 25.5 Å². The highest BCUT2D eigenvalue weighted by molar-refractivity contribution is 8.14. The van der Waals surface area contributed by atoms with E-state index in [0.29, 0.717) is 5.25 Å². The SMILES string of the molecule is CC(C)OP(O)O.CC(C)SC(=N)N. The Labute approximate surface area is 90.5 Å². The molecule has 0 bridgehead atoms. The molecule has 0 saturated carbocycles. The molecule has 0 unspecified atom stereocenters. The Balaban J connectivity index is 0. The summed E-state index contributed by atoms with van der Waals surface area (Å²) >= 11 is 1.37. The number of nitrogens with one attached hydrogen (secondary N) is 1. The number of hydrogen-bond acceptors (Lipinski definition) is 5. The summed E-state index contributed by atoms with van der Waals surface area (Å²) in [4.78, 5) is 16.2. The molecule has 0 aliphatic rings. The van der Waals surface area contributed by atoms with Gasteiger partial charge in [0.25, 0.3) is 0 Å². The minimum absolute atomic E-state index is 0.0962. The van der Waals surface area contributed by atoms with E-state index in [2.05, 4.69) is 4.52 Å². The van der Waals surface area contributed by atoms with Gasteiger partial charge in [0.05, 0.1) is 6.10 Å². The Morgan fingerprint density at radius 2 is 1.79 bits per heavy atom. The zero-order chi connectivity index (χ0) is 11.7. The third-order valence-electron chi connectivity index (χ3n) is 0.668. The number of thioether (sulfide) groups is 1. The molecule has 0 fully saturated rings. The zero-order valence-electron chi connectivity index (χ0n) is 8.89. The molecule has 7 heteroatoms. The van der Waals surface area contributed by atoms with Crippen LogP contribution in [0.15, 0.2) is 0 Å². The predicted octanol–water partition coefficient (Wildman–Crippen LogP) is 1.64. The molecule has 0 aliphatic carbocycles. The van der Waals surface area contributed by atoms with Crippen molar-refractivity contribution < 1.29 is 14.3 Å². The van der Waals surface area contributed by atoms with Crippen LogP contribution in [0, 0.1) is 5.41 Å². The molecular weight excluding hydrogens is 223 g/mol. The molecule has 0 rings (SSSR count). The maximum atomic E-state index is 8.12. The maximum Gasteiger partial charge on any atom is 0.327 e. The molecular formula is C7H19N2O3PS. The lowest BCUT2D eigenvalue weighted by Crippen LogP contribution is -2.06. The summed E-state index contributed by atoms with van der Waals surface area (Å²) in [5.41, 5.74) is 5.04. The number of rotatable bonds is 3. The minimum Gasteiger partial charge on any atom is -0.379 e. The quantitative estimate of drug-likeness (QED) is 0.342. The van der Waals surface area contributed by atoms with Crippen LogP contribution in [0.2, 0.25) is 0 Å². The third kappa shape index (κ3) is 22.7. The highest BCUT2D eigenvalue weighted by Crippen LogP contribution is 2.25. The van der Waals surface area contributed by atoms with Gasteiger partial charge in [-0.25, -0.2) is 0 Å². The van der Waals surface area contributed by atoms with E-state index >= 15 is 0 Å². The van der Waals surface area contributed by atoms with Crippen LogP contribution in [0.3, 0.4) is 0 Å². The lowest BCUT2D eigenvalue weighted by molar-refractivity contribution is 0.201. The summed E-state index contributed by atoms with van der Waals surface area (Å²) in [5, 5.41) is 7.41. The van der Waals surface area contributed by atoms with E-state index in [4.69, 9.17) is 20.9 Å². The van der Waals surface area contributed by atoms with Crippen molar-refractivity contribution in [3.8, 4) is 0 Å². The molecule has 0 aromatic carbocycles. The minimum atomic E-state index is -2.14. The summed E-state index contributed by atoms with van der Waals surface area (Å²) in [7, 11) is -2.14. The van der Waals surface area contributed by atoms with E-state index in [1.54, 1.807) is 13.8 Å². The second-order valence-electron chi connectivity index (χ2n) is 2.94. The van der Waals surface area contributed by atoms with Crippen LogP contribution < -0.4 is 5.73 Å². The molecule has 0 heterocycles. The second kappa shape index (κ2) is 9.68. The highest BCUT2D eigenvalue weighted by Gasteiger charge is 2.00. The molecule has 0 saturated heterocycles. The first-order valence-corrected chi connectivity index (χ1v) is 6.15. The average Bonchev–Trinajstić information content (AvgIpc) is 1.79. The van der Waals surface area contributed by atoms with Crippen LogP contribution in [0.25, 0.3) is 0 Å². The Bertz CT molecular complexity index is 150. The summed E-state index contributed by atoms with van der Waals surface area (Å²) in [6.45, 7) is 7.49. The molecule has 0 aliphatic heterocycles. The van der Waals surface area contributed by atoms with Gasteiger partial charge in [0, 0.05) is 5.25 Å². The monoisotopic (exact) mass is 242 g/mol. The van der Waals surface area contributed by atoms with E-state index < -0.39 is 8.60 Å². The fraction of sp³-hybridized carbons (Fsp3) is 0.857. The summed E-state index contributed by atoms with van der Waals surface area (Å²) in [6.07, 6.45) is -0.0962. The topological polar surface area (TPSA) is 99.6 Å². The van der Waals surface area contributed by atoms with Gasteiger partial charge < -0.3 is 20.0 Å². The van der Waals surface area contributed by atoms with Crippen LogP contribution in [0.4, 0.5) is 0 Å². The average molecular weight is 242 g/mol. The van der Waals surface area contributed by atoms with Crippen LogP contribution in [0.5, 0.6) is 0 Å². The molecule has 14 heavy (non-hydrogen) atoms. The lowest BCUT2D eigenvalue weighted by Gasteiger charge is -2.04. The Kier molecular flexibility index (Phi) is 11.4. The highest BCUT2D eigenvalue weighted by atomic mass is 32.2. The molecule has 0 radical (unpaired) electrons. The summed E-state index contributed by atoms with van der Waals surface area (Å²) in [6, 6.07) is 0. The number of hydrogen-bond donors (Lipinski definition) is 4. The van der Waals surface area contributed by atoms with Crippen molar-refractivity contribution in [2.75, 3.05) is 0 Å². The fourth-order valence-electron chi connectivity index (χ4n) is 0.442. The molecule has 5 nitrogen and oxygen atoms in total. The molecule has 0 aromatic heterocycles. The van der Waals surface area contributed by atoms with Gasteiger partial charge in [0.2, 0.25) is 0 Å². The van der Waals surface area contributed by atoms with Crippen LogP contribution in [-0.4, -0.2) is 26.3 Å². The van der Waals surface area contributed by atoms with E-state index in [9.17, 15) is 0 Å². The lowest BCUT2D eigenvalue weighted by atomic mass is 10.5. The van der Waals surface area contributed by atoms with Crippen molar-refractivity contribution in [1.29, 1.82) is 5.41 Å². The van der Waals surface area contributed by atoms with Gasteiger partial charge in [0.15, 0.2) is 5.17 Å². The second-order valence-corrected chi connectivity index (χ2v) is 5.27. The first-order valence-electron chi connectivity index (χ1n) is 4.11. The molecule has 5 N–H and O–H groups in total. The standard InChI is InChI=1S/C4H10N2S.C3H9O3P/c1-3(2)7-4(5)6;1-3(2)6-7(4)5/h3H,1-2H3,(H3,5,6);3-5H,1-2H3. The van der Waals surface area contributed by atoms with E-state index in [1.807, 2.05) is 13.8 Å². The van der Waals surface area contributed by atoms with Crippen molar-refractivity contribution in [2.45, 2.75) is 39.0 Å². The zero-order valence-corrected chi connectivity index (χ0v) is 10.6. The van der Waals surface area contributed by atoms with Gasteiger partial charge in [-0.3, -0.25) is 5.41 Å². The number of nitrogens with two attached hydrogens (primary N) is 1. The smallest absolute Gasteiger partial charge is 0.327 e. The van der Waals surface area contributed by atoms with Gasteiger partial charge in [-0.1, -0.05) is 25.6 Å². The molecule has 0 aromatic rings. The predicted molar refractivity (Wildman–Crippen MR) is 62.2 cm³/mol. The van der Waals surface area contributed by atoms with Gasteiger partial charge in [-0.05, 0) is 13.8 Å². The molecule has 0 amide bonds. The first kappa shape index (κ1) is 16.6. The molecule has 0 spiro atoms. The van der Waals surface area contributed by atoms with Crippen molar-refractivity contribution in [2.24, 2.45) is 5.73 Å². The normalized spacial score (nSPS) is 10.4. The Morgan fingerprint density at radius 1 is 1.36 bits per heavy atom. The number of amidine groups is 1. The van der Waals surface area contributed by atoms with Gasteiger partial charge in [0.1, 0.15) is 0 Å². The van der Waals surface area contributed by atoms with Gasteiger partial charge >= 0.3 is 8.60 Å². The summed E-state index contributed by atoms with van der Waals surface area (Å²) in [5.74, 6) is 0. The Morgan fingerprint density at radius 3 is 1.79 bits per heavy atom. The molecule has 0 atom stereocenters. The maximum absolute atomic E-state index is 8.12. The first-order chi connectivity index (χ1) is 6.25. The molecule has 86 valence electrons. The van der Waals surface area contributed by atoms with Crippen LogP contribution >= 0.6 is 20.4 Å². The third-order valence-corrected chi connectivity index (χ3v) is 2.00. The summed E-state index contributed by atoms with van der Waals surface area (Å²) < 4.78 is 4.43. The largest absolute Gasteiger partial charge is 0.379 e. The van der Waals surface area contributed by atoms with Crippen molar-refractivity contribution in [3.63, 3.8) is 0 Å². The van der Waals surface area contributed by atoms with Crippen LogP contribution in [-0.2, 0) is 4.52 Å². The fourth-order valence-corrected chi connectivity index (χ4v) is 1.33. The van der Waals surface area contributed by atoms with E-state index in [-0.39, 0.29) is 11.3 Å². The van der Waals surface area contributed by atoms with Crippen molar-refractivity contribution in [3.05, 3.63) is 0 Å². The van der Waals surface area contributed by atoms with E-state index in [1.165, 1.54) is 11.8 Å². The van der Waals surface area contributed by atoms with Gasteiger partial charge in [-0.15, -0.1) is 0 Å².